The highest BCUT2D eigenvalue weighted by Crippen LogP contribution is 2.30. The van der Waals surface area contributed by atoms with Gasteiger partial charge in [-0.2, -0.15) is 0 Å². The molecule has 1 saturated carbocycles. The van der Waals surface area contributed by atoms with Gasteiger partial charge in [0.1, 0.15) is 5.76 Å². The van der Waals surface area contributed by atoms with Crippen molar-refractivity contribution in [2.45, 2.75) is 58.8 Å². The number of nitrogens with one attached hydrogen (secondary N) is 1. The molecular weight excluding hydrogens is 356 g/mol. The molecule has 0 spiro atoms. The van der Waals surface area contributed by atoms with Gasteiger partial charge in [0, 0.05) is 17.4 Å². The first-order chi connectivity index (χ1) is 13.0. The van der Waals surface area contributed by atoms with Crippen LogP contribution in [-0.2, 0) is 10.5 Å². The van der Waals surface area contributed by atoms with Crippen molar-refractivity contribution in [2.24, 2.45) is 11.8 Å². The summed E-state index contributed by atoms with van der Waals surface area (Å²) in [4.78, 5) is 17.0. The van der Waals surface area contributed by atoms with Crippen LogP contribution in [0.15, 0.2) is 28.7 Å². The van der Waals surface area contributed by atoms with E-state index >= 15 is 0 Å². The minimum absolute atomic E-state index is 0.131. The molecule has 1 aliphatic carbocycles. The summed E-state index contributed by atoms with van der Waals surface area (Å²) in [5.41, 5.74) is 3.09. The number of aryl methyl sites for hydroxylation is 2. The van der Waals surface area contributed by atoms with Crippen molar-refractivity contribution in [2.75, 3.05) is 5.75 Å². The van der Waals surface area contributed by atoms with Gasteiger partial charge in [-0.1, -0.05) is 44.9 Å². The molecule has 3 atom stereocenters. The highest BCUT2D eigenvalue weighted by atomic mass is 32.2. The molecule has 1 heterocycles. The third-order valence-electron chi connectivity index (χ3n) is 5.79. The van der Waals surface area contributed by atoms with Crippen molar-refractivity contribution < 1.29 is 9.21 Å². The first-order valence-electron chi connectivity index (χ1n) is 9.85. The van der Waals surface area contributed by atoms with E-state index in [1.165, 1.54) is 12.8 Å². The van der Waals surface area contributed by atoms with Crippen molar-refractivity contribution in [1.29, 1.82) is 0 Å². The predicted octanol–water partition coefficient (Wildman–Crippen LogP) is 5.13. The van der Waals surface area contributed by atoms with Gasteiger partial charge >= 0.3 is 0 Å². The second kappa shape index (κ2) is 8.96. The Morgan fingerprint density at radius 3 is 2.81 bits per heavy atom. The van der Waals surface area contributed by atoms with Gasteiger partial charge in [-0.3, -0.25) is 4.79 Å². The third-order valence-corrected chi connectivity index (χ3v) is 6.74. The Balaban J connectivity index is 1.52. The number of nitrogens with zero attached hydrogens (tertiary/aromatic N) is 1. The lowest BCUT2D eigenvalue weighted by molar-refractivity contribution is -0.119. The molecule has 27 heavy (non-hydrogen) atoms. The van der Waals surface area contributed by atoms with Crippen LogP contribution in [0.2, 0.25) is 0 Å². The zero-order valence-corrected chi connectivity index (χ0v) is 17.6. The number of hydrogen-bond acceptors (Lipinski definition) is 4. The van der Waals surface area contributed by atoms with Crippen LogP contribution in [0.3, 0.4) is 0 Å². The summed E-state index contributed by atoms with van der Waals surface area (Å²) in [6.45, 7) is 8.54. The molecule has 5 heteroatoms. The SMILES string of the molecule is Cc1ccccc1-c1nc(CSCC(=O)NC2CCCC(C)C2C)c(C)o1. The van der Waals surface area contributed by atoms with E-state index < -0.39 is 0 Å². The van der Waals surface area contributed by atoms with Crippen LogP contribution in [-0.4, -0.2) is 22.7 Å². The highest BCUT2D eigenvalue weighted by Gasteiger charge is 2.28. The van der Waals surface area contributed by atoms with Crippen molar-refractivity contribution >= 4 is 17.7 Å². The zero-order valence-electron chi connectivity index (χ0n) is 16.7. The molecule has 1 fully saturated rings. The van der Waals surface area contributed by atoms with Crippen molar-refractivity contribution in [1.82, 2.24) is 10.3 Å². The van der Waals surface area contributed by atoms with Crippen LogP contribution in [0.25, 0.3) is 11.5 Å². The molecule has 3 unspecified atom stereocenters. The molecule has 1 aromatic carbocycles. The lowest BCUT2D eigenvalue weighted by Gasteiger charge is -2.34. The summed E-state index contributed by atoms with van der Waals surface area (Å²) < 4.78 is 5.86. The predicted molar refractivity (Wildman–Crippen MR) is 112 cm³/mol. The van der Waals surface area contributed by atoms with Gasteiger partial charge in [0.25, 0.3) is 0 Å². The standard InChI is InChI=1S/C22H30N2O2S/c1-14-9-7-11-19(16(14)3)23-21(25)13-27-12-20-17(4)26-22(24-20)18-10-6-5-8-15(18)2/h5-6,8,10,14,16,19H,7,9,11-13H2,1-4H3,(H,23,25). The number of aromatic nitrogens is 1. The number of hydrogen-bond donors (Lipinski definition) is 1. The molecule has 1 amide bonds. The first-order valence-corrected chi connectivity index (χ1v) is 11.0. The van der Waals surface area contributed by atoms with Gasteiger partial charge in [-0.25, -0.2) is 4.98 Å². The van der Waals surface area contributed by atoms with Crippen LogP contribution in [0, 0.1) is 25.7 Å². The molecule has 0 radical (unpaired) electrons. The summed E-state index contributed by atoms with van der Waals surface area (Å²) in [5, 5.41) is 3.23. The molecule has 2 aromatic rings. The van der Waals surface area contributed by atoms with Gasteiger partial charge in [0.15, 0.2) is 0 Å². The van der Waals surface area contributed by atoms with Crippen LogP contribution in [0.4, 0.5) is 0 Å². The van der Waals surface area contributed by atoms with E-state index in [0.29, 0.717) is 35.3 Å². The van der Waals surface area contributed by atoms with Crippen LogP contribution in [0.1, 0.15) is 50.1 Å². The quantitative estimate of drug-likeness (QED) is 0.747. The van der Waals surface area contributed by atoms with E-state index in [-0.39, 0.29) is 5.91 Å². The van der Waals surface area contributed by atoms with Crippen molar-refractivity contribution in [3.8, 4) is 11.5 Å². The smallest absolute Gasteiger partial charge is 0.230 e. The number of thioether (sulfide) groups is 1. The fraction of sp³-hybridized carbons (Fsp3) is 0.545. The number of carbonyl (C=O) groups is 1. The number of carbonyl (C=O) groups excluding carboxylic acids is 1. The minimum Gasteiger partial charge on any atom is -0.441 e. The van der Waals surface area contributed by atoms with E-state index in [1.54, 1.807) is 11.8 Å². The summed E-state index contributed by atoms with van der Waals surface area (Å²) >= 11 is 1.60. The van der Waals surface area contributed by atoms with Crippen LogP contribution >= 0.6 is 11.8 Å². The molecule has 0 aliphatic heterocycles. The Morgan fingerprint density at radius 1 is 1.26 bits per heavy atom. The maximum atomic E-state index is 12.3. The monoisotopic (exact) mass is 386 g/mol. The van der Waals surface area contributed by atoms with Gasteiger partial charge in [0.2, 0.25) is 11.8 Å². The molecular formula is C22H30N2O2S. The minimum atomic E-state index is 0.131. The van der Waals surface area contributed by atoms with Crippen molar-refractivity contribution in [3.05, 3.63) is 41.3 Å². The average molecular weight is 387 g/mol. The average Bonchev–Trinajstić information content (AvgIpc) is 3.00. The lowest BCUT2D eigenvalue weighted by atomic mass is 9.78. The maximum Gasteiger partial charge on any atom is 0.230 e. The Morgan fingerprint density at radius 2 is 2.04 bits per heavy atom. The van der Waals surface area contributed by atoms with Crippen LogP contribution in [0.5, 0.6) is 0 Å². The van der Waals surface area contributed by atoms with E-state index in [0.717, 1.165) is 29.0 Å². The van der Waals surface area contributed by atoms with Crippen LogP contribution < -0.4 is 5.32 Å². The van der Waals surface area contributed by atoms with E-state index in [4.69, 9.17) is 4.42 Å². The van der Waals surface area contributed by atoms with Gasteiger partial charge < -0.3 is 9.73 Å². The topological polar surface area (TPSA) is 55.1 Å². The van der Waals surface area contributed by atoms with Gasteiger partial charge in [-0.15, -0.1) is 11.8 Å². The molecule has 3 rings (SSSR count). The highest BCUT2D eigenvalue weighted by molar-refractivity contribution is 7.99. The van der Waals surface area contributed by atoms with Crippen molar-refractivity contribution in [3.63, 3.8) is 0 Å². The number of rotatable bonds is 6. The normalized spacial score (nSPS) is 22.6. The Labute approximate surface area is 166 Å². The zero-order chi connectivity index (χ0) is 19.4. The Kier molecular flexibility index (Phi) is 6.64. The van der Waals surface area contributed by atoms with Gasteiger partial charge in [-0.05, 0) is 43.7 Å². The van der Waals surface area contributed by atoms with E-state index in [9.17, 15) is 4.79 Å². The first kappa shape index (κ1) is 20.0. The second-order valence-corrected chi connectivity index (χ2v) is 8.76. The second-order valence-electron chi connectivity index (χ2n) is 7.77. The third kappa shape index (κ3) is 4.95. The molecule has 0 bridgehead atoms. The number of benzene rings is 1. The Bertz CT molecular complexity index is 786. The van der Waals surface area contributed by atoms with E-state index in [2.05, 4.69) is 37.1 Å². The fourth-order valence-electron chi connectivity index (χ4n) is 3.76. The number of amides is 1. The summed E-state index contributed by atoms with van der Waals surface area (Å²) in [5.74, 6) is 4.02. The summed E-state index contributed by atoms with van der Waals surface area (Å²) in [7, 11) is 0. The number of oxazole rings is 1. The molecule has 1 aliphatic rings. The maximum absolute atomic E-state index is 12.3. The summed E-state index contributed by atoms with van der Waals surface area (Å²) in [6.07, 6.45) is 3.59. The lowest BCUT2D eigenvalue weighted by Crippen LogP contribution is -2.44. The fourth-order valence-corrected chi connectivity index (χ4v) is 4.60. The molecule has 1 aromatic heterocycles. The molecule has 0 saturated heterocycles. The molecule has 4 nitrogen and oxygen atoms in total. The largest absolute Gasteiger partial charge is 0.441 e. The van der Waals surface area contributed by atoms with Gasteiger partial charge in [0.05, 0.1) is 11.4 Å². The molecule has 146 valence electrons. The van der Waals surface area contributed by atoms with E-state index in [1.807, 2.05) is 25.1 Å². The molecule has 1 N–H and O–H groups in total. The summed E-state index contributed by atoms with van der Waals surface area (Å²) in [6, 6.07) is 8.41. The Hall–Kier alpha value is -1.75.